The molecular weight excluding hydrogens is 270 g/mol. The van der Waals surface area contributed by atoms with Crippen molar-refractivity contribution in [2.24, 2.45) is 0 Å². The van der Waals surface area contributed by atoms with E-state index >= 15 is 0 Å². The molecule has 0 fully saturated rings. The third kappa shape index (κ3) is 8.37. The minimum Gasteiger partial charge on any atom is -0.417 e. The van der Waals surface area contributed by atoms with Crippen molar-refractivity contribution in [1.29, 1.82) is 0 Å². The molecule has 0 aromatic rings. The van der Waals surface area contributed by atoms with Crippen molar-refractivity contribution in [3.05, 3.63) is 0 Å². The van der Waals surface area contributed by atoms with Crippen molar-refractivity contribution >= 4 is 8.32 Å². The molecule has 0 saturated carbocycles. The Morgan fingerprint density at radius 2 is 1.40 bits per heavy atom. The van der Waals surface area contributed by atoms with Crippen LogP contribution < -0.4 is 0 Å². The van der Waals surface area contributed by atoms with Crippen LogP contribution in [0.5, 0.6) is 0 Å². The van der Waals surface area contributed by atoms with E-state index in [0.29, 0.717) is 0 Å². The largest absolute Gasteiger partial charge is 0.417 e. The van der Waals surface area contributed by atoms with Crippen LogP contribution in [0.4, 0.5) is 0 Å². The Kier molecular flexibility index (Phi) is 12.8. The zero-order valence-corrected chi connectivity index (χ0v) is 15.2. The number of rotatable bonds is 14. The van der Waals surface area contributed by atoms with Crippen molar-refractivity contribution < 1.29 is 13.9 Å². The van der Waals surface area contributed by atoms with Gasteiger partial charge in [0, 0.05) is 33.9 Å². The van der Waals surface area contributed by atoms with E-state index in [4.69, 9.17) is 13.9 Å². The molecular formula is C15H35NO3Si. The van der Waals surface area contributed by atoms with Crippen LogP contribution >= 0.6 is 0 Å². The first kappa shape index (κ1) is 20.1. The highest BCUT2D eigenvalue weighted by atomic mass is 28.4. The standard InChI is InChI=1S/C15H35NO3Si/c1-6-19-20(7-2,8-3)15-9-10-16(11-13-17-4)12-14-18-5/h6-15H2,1-5H3. The summed E-state index contributed by atoms with van der Waals surface area (Å²) < 4.78 is 16.5. The summed E-state index contributed by atoms with van der Waals surface area (Å²) in [6.45, 7) is 12.2. The van der Waals surface area contributed by atoms with Gasteiger partial charge in [-0.05, 0) is 38.0 Å². The van der Waals surface area contributed by atoms with Gasteiger partial charge in [0.1, 0.15) is 0 Å². The van der Waals surface area contributed by atoms with Crippen LogP contribution in [0.1, 0.15) is 27.2 Å². The molecule has 0 aliphatic heterocycles. The number of methoxy groups -OCH3 is 2. The first-order chi connectivity index (χ1) is 9.67. The van der Waals surface area contributed by atoms with Gasteiger partial charge >= 0.3 is 0 Å². The van der Waals surface area contributed by atoms with Gasteiger partial charge in [0.2, 0.25) is 0 Å². The molecule has 4 nitrogen and oxygen atoms in total. The van der Waals surface area contributed by atoms with Gasteiger partial charge in [-0.15, -0.1) is 0 Å². The Balaban J connectivity index is 4.16. The highest BCUT2D eigenvalue weighted by Gasteiger charge is 2.29. The van der Waals surface area contributed by atoms with Crippen LogP contribution in [0, 0.1) is 0 Å². The summed E-state index contributed by atoms with van der Waals surface area (Å²) in [5.41, 5.74) is 0. The molecule has 0 amide bonds. The number of nitrogens with zero attached hydrogens (tertiary/aromatic N) is 1. The first-order valence-electron chi connectivity index (χ1n) is 8.02. The summed E-state index contributed by atoms with van der Waals surface area (Å²) in [4.78, 5) is 2.43. The van der Waals surface area contributed by atoms with Gasteiger partial charge in [-0.25, -0.2) is 0 Å². The predicted octanol–water partition coefficient (Wildman–Crippen LogP) is 2.99. The fourth-order valence-corrected chi connectivity index (χ4v) is 5.76. The van der Waals surface area contributed by atoms with Crippen molar-refractivity contribution in [3.63, 3.8) is 0 Å². The summed E-state index contributed by atoms with van der Waals surface area (Å²) in [5, 5.41) is 0. The molecule has 0 bridgehead atoms. The molecule has 122 valence electrons. The third-order valence-electron chi connectivity index (χ3n) is 4.07. The van der Waals surface area contributed by atoms with Crippen LogP contribution in [-0.2, 0) is 13.9 Å². The molecule has 0 heterocycles. The fraction of sp³-hybridized carbons (Fsp3) is 1.00. The molecule has 0 aliphatic rings. The van der Waals surface area contributed by atoms with Crippen LogP contribution in [0.25, 0.3) is 0 Å². The smallest absolute Gasteiger partial charge is 0.192 e. The maximum atomic E-state index is 6.14. The van der Waals surface area contributed by atoms with E-state index in [2.05, 4.69) is 25.7 Å². The lowest BCUT2D eigenvalue weighted by atomic mass is 10.4. The quantitative estimate of drug-likeness (QED) is 0.462. The van der Waals surface area contributed by atoms with E-state index in [1.807, 2.05) is 0 Å². The average molecular weight is 306 g/mol. The average Bonchev–Trinajstić information content (AvgIpc) is 2.48. The summed E-state index contributed by atoms with van der Waals surface area (Å²) in [7, 11) is 2.06. The normalized spacial score (nSPS) is 12.3. The zero-order valence-electron chi connectivity index (χ0n) is 14.2. The second kappa shape index (κ2) is 12.8. The van der Waals surface area contributed by atoms with Gasteiger partial charge in [-0.1, -0.05) is 13.8 Å². The van der Waals surface area contributed by atoms with E-state index < -0.39 is 8.32 Å². The molecule has 0 aliphatic carbocycles. The Morgan fingerprint density at radius 1 is 0.850 bits per heavy atom. The topological polar surface area (TPSA) is 30.9 Å². The van der Waals surface area contributed by atoms with Gasteiger partial charge in [-0.2, -0.15) is 0 Å². The monoisotopic (exact) mass is 305 g/mol. The summed E-state index contributed by atoms with van der Waals surface area (Å²) in [6, 6.07) is 3.73. The lowest BCUT2D eigenvalue weighted by molar-refractivity contribution is 0.114. The second-order valence-corrected chi connectivity index (χ2v) is 9.82. The minimum absolute atomic E-state index is 0.791. The van der Waals surface area contributed by atoms with Crippen molar-refractivity contribution in [3.8, 4) is 0 Å². The van der Waals surface area contributed by atoms with E-state index in [1.165, 1.54) is 24.6 Å². The van der Waals surface area contributed by atoms with Crippen molar-refractivity contribution in [1.82, 2.24) is 4.90 Å². The predicted molar refractivity (Wildman–Crippen MR) is 88.0 cm³/mol. The van der Waals surface area contributed by atoms with E-state index in [9.17, 15) is 0 Å². The summed E-state index contributed by atoms with van der Waals surface area (Å²) in [6.07, 6.45) is 1.22. The SMILES string of the molecule is CCO[Si](CC)(CC)CCCN(CCOC)CCOC. The maximum Gasteiger partial charge on any atom is 0.192 e. The molecule has 20 heavy (non-hydrogen) atoms. The minimum atomic E-state index is -1.46. The van der Waals surface area contributed by atoms with Crippen LogP contribution in [-0.4, -0.2) is 66.9 Å². The Labute approximate surface area is 126 Å². The maximum absolute atomic E-state index is 6.14. The molecule has 5 heteroatoms. The first-order valence-corrected chi connectivity index (χ1v) is 10.5. The lowest BCUT2D eigenvalue weighted by Crippen LogP contribution is -2.38. The molecule has 0 spiro atoms. The van der Waals surface area contributed by atoms with Crippen LogP contribution in [0.3, 0.4) is 0 Å². The van der Waals surface area contributed by atoms with Crippen molar-refractivity contribution in [2.45, 2.75) is 45.3 Å². The van der Waals surface area contributed by atoms with Gasteiger partial charge in [-0.3, -0.25) is 4.90 Å². The summed E-state index contributed by atoms with van der Waals surface area (Å²) in [5.74, 6) is 0. The van der Waals surface area contributed by atoms with Gasteiger partial charge < -0.3 is 13.9 Å². The summed E-state index contributed by atoms with van der Waals surface area (Å²) >= 11 is 0. The van der Waals surface area contributed by atoms with E-state index in [1.54, 1.807) is 14.2 Å². The Hall–Kier alpha value is 0.0569. The Bertz CT molecular complexity index is 205. The number of hydrogen-bond acceptors (Lipinski definition) is 4. The lowest BCUT2D eigenvalue weighted by Gasteiger charge is -2.30. The highest BCUT2D eigenvalue weighted by molar-refractivity contribution is 6.73. The number of hydrogen-bond donors (Lipinski definition) is 0. The molecule has 0 unspecified atom stereocenters. The fourth-order valence-electron chi connectivity index (χ4n) is 2.59. The highest BCUT2D eigenvalue weighted by Crippen LogP contribution is 2.23. The molecule has 0 N–H and O–H groups in total. The van der Waals surface area contributed by atoms with Gasteiger partial charge in [0.05, 0.1) is 13.2 Å². The second-order valence-electron chi connectivity index (χ2n) is 5.25. The third-order valence-corrected chi connectivity index (χ3v) is 8.81. The molecule has 0 rings (SSSR count). The van der Waals surface area contributed by atoms with Crippen LogP contribution in [0.2, 0.25) is 18.1 Å². The van der Waals surface area contributed by atoms with Crippen LogP contribution in [0.15, 0.2) is 0 Å². The van der Waals surface area contributed by atoms with E-state index in [0.717, 1.165) is 39.5 Å². The van der Waals surface area contributed by atoms with Gasteiger partial charge in [0.15, 0.2) is 8.32 Å². The van der Waals surface area contributed by atoms with Crippen molar-refractivity contribution in [2.75, 3.05) is 53.7 Å². The Morgan fingerprint density at radius 3 is 1.80 bits per heavy atom. The molecule has 0 saturated heterocycles. The number of ether oxygens (including phenoxy) is 2. The molecule has 0 atom stereocenters. The molecule has 0 radical (unpaired) electrons. The molecule has 0 aromatic carbocycles. The van der Waals surface area contributed by atoms with Gasteiger partial charge in [0.25, 0.3) is 0 Å². The molecule has 0 aromatic heterocycles. The van der Waals surface area contributed by atoms with E-state index in [-0.39, 0.29) is 0 Å². The zero-order chi connectivity index (χ0) is 15.3.